The summed E-state index contributed by atoms with van der Waals surface area (Å²) in [5.41, 5.74) is 0. The molecule has 0 bridgehead atoms. The van der Waals surface area contributed by atoms with Gasteiger partial charge in [-0.3, -0.25) is 14.9 Å². The van der Waals surface area contributed by atoms with Gasteiger partial charge >= 0.3 is 0 Å². The maximum atomic E-state index is 10.1. The van der Waals surface area contributed by atoms with E-state index < -0.39 is 7.92 Å². The number of hydrogen-bond acceptors (Lipinski definition) is 2. The van der Waals surface area contributed by atoms with Crippen LogP contribution in [-0.4, -0.2) is 11.8 Å². The Morgan fingerprint density at radius 1 is 0.538 bits per heavy atom. The lowest BCUT2D eigenvalue weighted by molar-refractivity contribution is -0.124. The van der Waals surface area contributed by atoms with Crippen molar-refractivity contribution in [1.82, 2.24) is 5.32 Å². The van der Waals surface area contributed by atoms with Crippen LogP contribution in [0.5, 0.6) is 0 Å². The maximum absolute atomic E-state index is 10.1. The highest BCUT2D eigenvalue weighted by Gasteiger charge is 2.16. The molecule has 3 aromatic rings. The van der Waals surface area contributed by atoms with Crippen molar-refractivity contribution in [2.24, 2.45) is 0 Å². The van der Waals surface area contributed by atoms with Gasteiger partial charge in [0, 0.05) is 12.8 Å². The van der Waals surface area contributed by atoms with Gasteiger partial charge in [-0.2, -0.15) is 0 Å². The summed E-state index contributed by atoms with van der Waals surface area (Å²) >= 11 is 0. The summed E-state index contributed by atoms with van der Waals surface area (Å²) in [6, 6.07) is 32.3. The molecule has 1 fully saturated rings. The molecule has 4 heteroatoms. The Morgan fingerprint density at radius 2 is 0.846 bits per heavy atom. The van der Waals surface area contributed by atoms with E-state index >= 15 is 0 Å². The summed E-state index contributed by atoms with van der Waals surface area (Å²) in [6.45, 7) is 0. The van der Waals surface area contributed by atoms with Crippen molar-refractivity contribution in [1.29, 1.82) is 0 Å². The van der Waals surface area contributed by atoms with Gasteiger partial charge in [-0.05, 0) is 23.8 Å². The van der Waals surface area contributed by atoms with Gasteiger partial charge in [0.15, 0.2) is 0 Å². The van der Waals surface area contributed by atoms with Crippen molar-refractivity contribution in [3.05, 3.63) is 91.0 Å². The fraction of sp³-hybridized carbons (Fsp3) is 0.0909. The second-order valence-electron chi connectivity index (χ2n) is 5.81. The van der Waals surface area contributed by atoms with E-state index in [0.717, 1.165) is 0 Å². The number of hydrogen-bond donors (Lipinski definition) is 1. The molecule has 1 aliphatic heterocycles. The molecule has 0 aromatic heterocycles. The van der Waals surface area contributed by atoms with Crippen LogP contribution in [0.3, 0.4) is 0 Å². The van der Waals surface area contributed by atoms with Gasteiger partial charge in [-0.25, -0.2) is 0 Å². The summed E-state index contributed by atoms with van der Waals surface area (Å²) in [6.07, 6.45) is 0.748. The summed E-state index contributed by atoms with van der Waals surface area (Å²) in [4.78, 5) is 20.2. The van der Waals surface area contributed by atoms with E-state index in [2.05, 4.69) is 96.3 Å². The highest BCUT2D eigenvalue weighted by molar-refractivity contribution is 7.79. The Labute approximate surface area is 154 Å². The van der Waals surface area contributed by atoms with Crippen LogP contribution in [0.4, 0.5) is 0 Å². The number of rotatable bonds is 3. The summed E-state index contributed by atoms with van der Waals surface area (Å²) in [5, 5.41) is 6.33. The van der Waals surface area contributed by atoms with Gasteiger partial charge in [0.25, 0.3) is 0 Å². The zero-order chi connectivity index (χ0) is 18.2. The molecule has 26 heavy (non-hydrogen) atoms. The molecule has 0 saturated carbocycles. The zero-order valence-electron chi connectivity index (χ0n) is 14.3. The predicted octanol–water partition coefficient (Wildman–Crippen LogP) is 2.87. The lowest BCUT2D eigenvalue weighted by Crippen LogP contribution is -2.20. The monoisotopic (exact) mass is 361 g/mol. The lowest BCUT2D eigenvalue weighted by atomic mass is 10.4. The van der Waals surface area contributed by atoms with Crippen LogP contribution in [0.2, 0.25) is 0 Å². The first kappa shape index (κ1) is 18.0. The van der Waals surface area contributed by atoms with E-state index in [1.165, 1.54) is 15.9 Å². The van der Waals surface area contributed by atoms with E-state index in [4.69, 9.17) is 0 Å². The third-order valence-corrected chi connectivity index (χ3v) is 6.34. The summed E-state index contributed by atoms with van der Waals surface area (Å²) in [5.74, 6) is -0.296. The molecule has 1 N–H and O–H groups in total. The smallest absolute Gasteiger partial charge is 0.227 e. The van der Waals surface area contributed by atoms with Crippen molar-refractivity contribution in [2.75, 3.05) is 0 Å². The number of imide groups is 1. The van der Waals surface area contributed by atoms with Crippen LogP contribution in [0.25, 0.3) is 0 Å². The molecule has 0 atom stereocenters. The predicted molar refractivity (Wildman–Crippen MR) is 108 cm³/mol. The Hall–Kier alpha value is -2.77. The Bertz CT molecular complexity index is 743. The van der Waals surface area contributed by atoms with Gasteiger partial charge in [0.05, 0.1) is 0 Å². The van der Waals surface area contributed by atoms with Gasteiger partial charge in [0.2, 0.25) is 11.8 Å². The summed E-state index contributed by atoms with van der Waals surface area (Å²) < 4.78 is 0. The van der Waals surface area contributed by atoms with E-state index in [1.807, 2.05) is 0 Å². The topological polar surface area (TPSA) is 46.2 Å². The standard InChI is InChI=1S/C18H15P.C4H5NO2/c1-4-10-16(11-5-1)19(17-12-6-2-7-13-17)18-14-8-3-9-15-18;6-3-1-2-4(7)5-3/h1-15H;1-2H2,(H,5,6,7). The average molecular weight is 361 g/mol. The molecule has 2 amide bonds. The van der Waals surface area contributed by atoms with Crippen LogP contribution in [-0.2, 0) is 9.59 Å². The Kier molecular flexibility index (Phi) is 6.29. The maximum Gasteiger partial charge on any atom is 0.227 e. The van der Waals surface area contributed by atoms with Crippen molar-refractivity contribution in [3.63, 3.8) is 0 Å². The molecule has 130 valence electrons. The lowest BCUT2D eigenvalue weighted by Gasteiger charge is -2.18. The molecule has 1 saturated heterocycles. The fourth-order valence-electron chi connectivity index (χ4n) is 2.69. The number of nitrogens with one attached hydrogen (secondary N) is 1. The second kappa shape index (κ2) is 9.07. The Morgan fingerprint density at radius 3 is 1.08 bits per heavy atom. The normalized spacial score (nSPS) is 13.1. The number of amides is 2. The quantitative estimate of drug-likeness (QED) is 0.576. The van der Waals surface area contributed by atoms with Gasteiger partial charge < -0.3 is 0 Å². The average Bonchev–Trinajstić information content (AvgIpc) is 3.08. The third-order valence-electron chi connectivity index (χ3n) is 3.90. The minimum absolute atomic E-state index is 0.148. The molecule has 3 aromatic carbocycles. The molecule has 4 rings (SSSR count). The fourth-order valence-corrected chi connectivity index (χ4v) is 4.99. The van der Waals surface area contributed by atoms with Crippen LogP contribution < -0.4 is 21.2 Å². The SMILES string of the molecule is O=C1CCC(=O)N1.c1ccc(P(c2ccccc2)c2ccccc2)cc1. The Balaban J connectivity index is 0.000000236. The molecule has 0 spiro atoms. The minimum Gasteiger partial charge on any atom is -0.296 e. The van der Waals surface area contributed by atoms with E-state index in [9.17, 15) is 9.59 Å². The first-order valence-electron chi connectivity index (χ1n) is 8.52. The van der Waals surface area contributed by atoms with Crippen LogP contribution in [0, 0.1) is 0 Å². The second-order valence-corrected chi connectivity index (χ2v) is 8.03. The van der Waals surface area contributed by atoms with Crippen molar-refractivity contribution in [3.8, 4) is 0 Å². The largest absolute Gasteiger partial charge is 0.296 e. The first-order valence-corrected chi connectivity index (χ1v) is 9.86. The van der Waals surface area contributed by atoms with Crippen molar-refractivity contribution >= 4 is 35.6 Å². The molecule has 3 nitrogen and oxygen atoms in total. The number of carbonyl (C=O) groups is 2. The van der Waals surface area contributed by atoms with Crippen LogP contribution >= 0.6 is 7.92 Å². The third kappa shape index (κ3) is 4.87. The zero-order valence-corrected chi connectivity index (χ0v) is 15.2. The van der Waals surface area contributed by atoms with E-state index in [0.29, 0.717) is 12.8 Å². The molecule has 0 aliphatic carbocycles. The molecule has 1 heterocycles. The number of carbonyl (C=O) groups excluding carboxylic acids is 2. The molecular formula is C22H20NO2P. The highest BCUT2D eigenvalue weighted by atomic mass is 31.1. The van der Waals surface area contributed by atoms with Crippen LogP contribution in [0.1, 0.15) is 12.8 Å². The van der Waals surface area contributed by atoms with E-state index in [1.54, 1.807) is 0 Å². The van der Waals surface area contributed by atoms with Gasteiger partial charge in [-0.15, -0.1) is 0 Å². The highest BCUT2D eigenvalue weighted by Crippen LogP contribution is 2.32. The van der Waals surface area contributed by atoms with Crippen molar-refractivity contribution in [2.45, 2.75) is 12.8 Å². The molecule has 1 aliphatic rings. The van der Waals surface area contributed by atoms with Gasteiger partial charge in [0.1, 0.15) is 0 Å². The number of benzene rings is 3. The van der Waals surface area contributed by atoms with Crippen molar-refractivity contribution < 1.29 is 9.59 Å². The van der Waals surface area contributed by atoms with Gasteiger partial charge in [-0.1, -0.05) is 91.0 Å². The first-order chi connectivity index (χ1) is 12.7. The molecule has 0 radical (unpaired) electrons. The van der Waals surface area contributed by atoms with E-state index in [-0.39, 0.29) is 11.8 Å². The minimum atomic E-state index is -0.446. The molecular weight excluding hydrogens is 341 g/mol. The molecule has 0 unspecified atom stereocenters. The summed E-state index contributed by atoms with van der Waals surface area (Å²) in [7, 11) is -0.446. The van der Waals surface area contributed by atoms with Crippen LogP contribution in [0.15, 0.2) is 91.0 Å².